The molecule has 0 unspecified atom stereocenters. The van der Waals surface area contributed by atoms with Gasteiger partial charge in [0.05, 0.1) is 0 Å². The second-order valence-electron chi connectivity index (χ2n) is 2.48. The van der Waals surface area contributed by atoms with Crippen molar-refractivity contribution in [2.75, 3.05) is 0 Å². The van der Waals surface area contributed by atoms with Gasteiger partial charge in [-0.05, 0) is 5.56 Å². The zero-order chi connectivity index (χ0) is 9.10. The van der Waals surface area contributed by atoms with Gasteiger partial charge in [-0.15, -0.1) is 0 Å². The van der Waals surface area contributed by atoms with E-state index in [4.69, 9.17) is 5.21 Å². The molecular weight excluding hydrogens is 202 g/mol. The van der Waals surface area contributed by atoms with Crippen LogP contribution in [-0.4, -0.2) is 5.21 Å². The molecule has 0 spiro atoms. The third-order valence-corrected chi connectivity index (χ3v) is 3.64. The maximum absolute atomic E-state index is 8.71. The van der Waals surface area contributed by atoms with Crippen LogP contribution in [0.3, 0.4) is 0 Å². The topological polar surface area (TPSA) is 32.6 Å². The Hall–Kier alpha value is -1.13. The van der Waals surface area contributed by atoms with Gasteiger partial charge < -0.3 is 5.21 Å². The van der Waals surface area contributed by atoms with E-state index in [0.717, 1.165) is 11.1 Å². The van der Waals surface area contributed by atoms with Gasteiger partial charge >= 0.3 is 0 Å². The highest BCUT2D eigenvalue weighted by Crippen LogP contribution is 2.19. The fourth-order valence-corrected chi connectivity index (χ4v) is 3.03. The fourth-order valence-electron chi connectivity index (χ4n) is 1.09. The third kappa shape index (κ3) is 1.64. The SMILES string of the molecule is ON=c1sscc1-c1ccccc1. The van der Waals surface area contributed by atoms with Crippen LogP contribution in [-0.2, 0) is 0 Å². The van der Waals surface area contributed by atoms with Gasteiger partial charge in [0.1, 0.15) is 0 Å². The Morgan fingerprint density at radius 2 is 1.92 bits per heavy atom. The average molecular weight is 209 g/mol. The zero-order valence-electron chi connectivity index (χ0n) is 6.68. The predicted octanol–water partition coefficient (Wildman–Crippen LogP) is 2.77. The van der Waals surface area contributed by atoms with Gasteiger partial charge in [0.2, 0.25) is 0 Å². The lowest BCUT2D eigenvalue weighted by Gasteiger charge is -1.93. The number of rotatable bonds is 1. The molecule has 1 aromatic carbocycles. The average Bonchev–Trinajstić information content (AvgIpc) is 2.67. The molecule has 0 aliphatic heterocycles. The van der Waals surface area contributed by atoms with Crippen LogP contribution in [0.4, 0.5) is 0 Å². The summed E-state index contributed by atoms with van der Waals surface area (Å²) in [6, 6.07) is 9.92. The minimum absolute atomic E-state index is 0.677. The molecule has 0 aliphatic carbocycles. The summed E-state index contributed by atoms with van der Waals surface area (Å²) < 4.78 is 0.677. The molecule has 0 saturated heterocycles. The second-order valence-corrected chi connectivity index (χ2v) is 4.54. The van der Waals surface area contributed by atoms with E-state index in [-0.39, 0.29) is 0 Å². The lowest BCUT2D eigenvalue weighted by molar-refractivity contribution is 0.304. The van der Waals surface area contributed by atoms with Crippen molar-refractivity contribution in [1.82, 2.24) is 0 Å². The van der Waals surface area contributed by atoms with E-state index in [1.165, 1.54) is 10.3 Å². The highest BCUT2D eigenvalue weighted by molar-refractivity contribution is 7.68. The molecule has 2 nitrogen and oxygen atoms in total. The number of benzene rings is 1. The Morgan fingerprint density at radius 3 is 2.62 bits per heavy atom. The molecule has 0 radical (unpaired) electrons. The normalized spacial score (nSPS) is 11.8. The van der Waals surface area contributed by atoms with E-state index in [9.17, 15) is 0 Å². The lowest BCUT2D eigenvalue weighted by Crippen LogP contribution is -1.95. The minimum atomic E-state index is 0.677. The second kappa shape index (κ2) is 3.72. The predicted molar refractivity (Wildman–Crippen MR) is 55.0 cm³/mol. The van der Waals surface area contributed by atoms with Crippen LogP contribution in [0.2, 0.25) is 0 Å². The van der Waals surface area contributed by atoms with Crippen molar-refractivity contribution < 1.29 is 5.21 Å². The molecule has 0 aliphatic rings. The van der Waals surface area contributed by atoms with Gasteiger partial charge in [-0.1, -0.05) is 56.2 Å². The first kappa shape index (κ1) is 8.47. The van der Waals surface area contributed by atoms with Crippen LogP contribution in [0.5, 0.6) is 0 Å². The van der Waals surface area contributed by atoms with E-state index in [2.05, 4.69) is 5.16 Å². The first-order valence-corrected chi connectivity index (χ1v) is 5.94. The van der Waals surface area contributed by atoms with E-state index in [1.54, 1.807) is 10.3 Å². The summed E-state index contributed by atoms with van der Waals surface area (Å²) in [5, 5.41) is 13.9. The monoisotopic (exact) mass is 209 g/mol. The van der Waals surface area contributed by atoms with Crippen molar-refractivity contribution in [3.8, 4) is 11.1 Å². The Balaban J connectivity index is 2.60. The number of hydrogen-bond acceptors (Lipinski definition) is 4. The molecule has 0 amide bonds. The number of nitrogens with zero attached hydrogens (tertiary/aromatic N) is 1. The molecule has 1 N–H and O–H groups in total. The van der Waals surface area contributed by atoms with Gasteiger partial charge in [0.25, 0.3) is 0 Å². The summed E-state index contributed by atoms with van der Waals surface area (Å²) in [4.78, 5) is 0. The van der Waals surface area contributed by atoms with Crippen molar-refractivity contribution in [2.45, 2.75) is 0 Å². The van der Waals surface area contributed by atoms with Crippen LogP contribution >= 0.6 is 20.7 Å². The van der Waals surface area contributed by atoms with E-state index >= 15 is 0 Å². The van der Waals surface area contributed by atoms with Crippen LogP contribution in [0.1, 0.15) is 0 Å². The summed E-state index contributed by atoms with van der Waals surface area (Å²) in [6.45, 7) is 0. The van der Waals surface area contributed by atoms with Crippen molar-refractivity contribution >= 4 is 20.7 Å². The van der Waals surface area contributed by atoms with Crippen molar-refractivity contribution in [3.63, 3.8) is 0 Å². The summed E-state index contributed by atoms with van der Waals surface area (Å²) >= 11 is 0. The van der Waals surface area contributed by atoms with Crippen LogP contribution in [0.15, 0.2) is 40.9 Å². The Kier molecular flexibility index (Phi) is 2.42. The van der Waals surface area contributed by atoms with Crippen LogP contribution in [0.25, 0.3) is 11.1 Å². The molecule has 1 heterocycles. The summed E-state index contributed by atoms with van der Waals surface area (Å²) in [5.74, 6) is 0. The van der Waals surface area contributed by atoms with Gasteiger partial charge in [0, 0.05) is 10.9 Å². The molecule has 1 aromatic heterocycles. The van der Waals surface area contributed by atoms with Crippen LogP contribution < -0.4 is 4.67 Å². The van der Waals surface area contributed by atoms with Crippen LogP contribution in [0, 0.1) is 0 Å². The van der Waals surface area contributed by atoms with Gasteiger partial charge in [0.15, 0.2) is 4.67 Å². The maximum atomic E-state index is 8.71. The first-order valence-electron chi connectivity index (χ1n) is 3.73. The Morgan fingerprint density at radius 1 is 1.15 bits per heavy atom. The molecule has 0 bridgehead atoms. The van der Waals surface area contributed by atoms with Crippen molar-refractivity contribution in [2.24, 2.45) is 5.16 Å². The van der Waals surface area contributed by atoms with E-state index < -0.39 is 0 Å². The lowest BCUT2D eigenvalue weighted by atomic mass is 10.1. The van der Waals surface area contributed by atoms with E-state index in [1.807, 2.05) is 35.7 Å². The quantitative estimate of drug-likeness (QED) is 0.437. The van der Waals surface area contributed by atoms with Gasteiger partial charge in [-0.25, -0.2) is 0 Å². The number of hydrogen-bond donors (Lipinski definition) is 1. The van der Waals surface area contributed by atoms with Crippen molar-refractivity contribution in [1.29, 1.82) is 0 Å². The molecular formula is C9H7NOS2. The molecule has 13 heavy (non-hydrogen) atoms. The highest BCUT2D eigenvalue weighted by atomic mass is 32.9. The molecule has 2 aromatic rings. The van der Waals surface area contributed by atoms with Gasteiger partial charge in [-0.3, -0.25) is 0 Å². The largest absolute Gasteiger partial charge is 0.410 e. The molecule has 0 fully saturated rings. The summed E-state index contributed by atoms with van der Waals surface area (Å²) in [7, 11) is 3.04. The molecule has 4 heteroatoms. The molecule has 2 rings (SSSR count). The first-order chi connectivity index (χ1) is 6.42. The molecule has 66 valence electrons. The Labute approximate surface area is 82.8 Å². The smallest absolute Gasteiger partial charge is 0.173 e. The van der Waals surface area contributed by atoms with Gasteiger partial charge in [-0.2, -0.15) is 0 Å². The zero-order valence-corrected chi connectivity index (χ0v) is 8.31. The molecule has 0 saturated carbocycles. The van der Waals surface area contributed by atoms with Crippen molar-refractivity contribution in [3.05, 3.63) is 40.4 Å². The highest BCUT2D eigenvalue weighted by Gasteiger charge is 2.01. The maximum Gasteiger partial charge on any atom is 0.173 e. The summed E-state index contributed by atoms with van der Waals surface area (Å²) in [6.07, 6.45) is 0. The third-order valence-electron chi connectivity index (χ3n) is 1.70. The summed E-state index contributed by atoms with van der Waals surface area (Å²) in [5.41, 5.74) is 2.09. The molecule has 0 atom stereocenters. The minimum Gasteiger partial charge on any atom is -0.410 e. The fraction of sp³-hybridized carbons (Fsp3) is 0. The van der Waals surface area contributed by atoms with E-state index in [0.29, 0.717) is 4.67 Å². The standard InChI is InChI=1S/C9H7NOS2/c11-10-9-8(6-12-13-9)7-4-2-1-3-5-7/h1-6,11H. The Bertz CT molecular complexity index is 444.